The fraction of sp³-hybridized carbons (Fsp3) is 0.400. The third kappa shape index (κ3) is 4.81. The van der Waals surface area contributed by atoms with Crippen LogP contribution in [0.4, 0.5) is 0 Å². The Balaban J connectivity index is 1.68. The van der Waals surface area contributed by atoms with Gasteiger partial charge in [-0.1, -0.05) is 0 Å². The molecule has 176 valence electrons. The van der Waals surface area contributed by atoms with E-state index in [1.54, 1.807) is 5.57 Å². The van der Waals surface area contributed by atoms with E-state index in [1.165, 1.54) is 48.7 Å². The first-order valence-corrected chi connectivity index (χ1v) is 18.5. The molecule has 2 atom stereocenters. The van der Waals surface area contributed by atoms with E-state index >= 15 is 0 Å². The Morgan fingerprint density at radius 3 is 2.39 bits per heavy atom. The zero-order valence-electron chi connectivity index (χ0n) is 20.5. The quantitative estimate of drug-likeness (QED) is 0.197. The van der Waals surface area contributed by atoms with Gasteiger partial charge in [0.1, 0.15) is 0 Å². The van der Waals surface area contributed by atoms with Gasteiger partial charge in [0, 0.05) is 0 Å². The molecule has 0 fully saturated rings. The molecule has 0 N–H and O–H groups in total. The second-order valence-electron chi connectivity index (χ2n) is 10.4. The average molecular weight is 777 g/mol. The maximum atomic E-state index is 4.29. The van der Waals surface area contributed by atoms with Crippen LogP contribution in [0.2, 0.25) is 0 Å². The number of halogens is 3. The molecule has 0 nitrogen and oxygen atoms in total. The van der Waals surface area contributed by atoms with Gasteiger partial charge in [-0.25, -0.2) is 0 Å². The molecule has 0 saturated heterocycles. The number of hydrogen-bond donors (Lipinski definition) is 0. The van der Waals surface area contributed by atoms with E-state index < -0.39 is 19.8 Å². The second-order valence-corrected chi connectivity index (χ2v) is 22.2. The maximum absolute atomic E-state index is 4.29. The van der Waals surface area contributed by atoms with Crippen LogP contribution in [-0.2, 0) is 5.86 Å². The molecule has 0 radical (unpaired) electrons. The molecule has 2 aromatic carbocycles. The van der Waals surface area contributed by atoms with E-state index in [4.69, 9.17) is 0 Å². The van der Waals surface area contributed by atoms with Crippen LogP contribution in [0, 0.1) is 10.8 Å². The van der Waals surface area contributed by atoms with Gasteiger partial charge in [-0.05, 0) is 0 Å². The summed E-state index contributed by atoms with van der Waals surface area (Å²) in [5.74, 6) is 0. The van der Waals surface area contributed by atoms with Crippen LogP contribution in [0.5, 0.6) is 0 Å². The van der Waals surface area contributed by atoms with Gasteiger partial charge in [-0.2, -0.15) is 0 Å². The summed E-state index contributed by atoms with van der Waals surface area (Å²) in [6, 6.07) is 18.3. The summed E-state index contributed by atoms with van der Waals surface area (Å²) in [7, 11) is 0. The topological polar surface area (TPSA) is 0 Å². The molecule has 1 aliphatic heterocycles. The minimum atomic E-state index is -1.32. The zero-order valence-corrected chi connectivity index (χ0v) is 27.1. The first kappa shape index (κ1) is 25.9. The summed E-state index contributed by atoms with van der Waals surface area (Å²) < 4.78 is 4.04. The molecule has 1 aliphatic carbocycles. The SMILES string of the molecule is C=C(C)c1ccccc1[C@](C)([IH+])I1CC=C2C(C)(C)C(c3ccc(CI)cc3)=CC[C@]2(C)C1. The molecular formula is C30H36I3+. The van der Waals surface area contributed by atoms with Gasteiger partial charge in [0.2, 0.25) is 0 Å². The van der Waals surface area contributed by atoms with E-state index in [0.717, 1.165) is 4.43 Å². The van der Waals surface area contributed by atoms with Gasteiger partial charge < -0.3 is 0 Å². The standard InChI is InChI=1S/C30H36I3/c1-21(2)24-9-7-8-10-26(24)30(6,32)33-18-16-27-28(3,4)25(15-17-29(27,5)20-33)23-13-11-22(19-31)12-14-23/h7-16,32H,1,17-20H2,2-6H3/q+1/t29-,30-/m1/s1. The molecular weight excluding hydrogens is 741 g/mol. The number of fused-ring (bicyclic) bond motifs is 1. The Labute approximate surface area is 235 Å². The van der Waals surface area contributed by atoms with Crippen LogP contribution < -0.4 is 22.6 Å². The number of allylic oxidation sites excluding steroid dienone is 5. The van der Waals surface area contributed by atoms with Gasteiger partial charge in [-0.3, -0.25) is 0 Å². The second kappa shape index (κ2) is 9.72. The summed E-state index contributed by atoms with van der Waals surface area (Å²) >= 11 is 3.55. The van der Waals surface area contributed by atoms with E-state index in [1.807, 2.05) is 0 Å². The monoisotopic (exact) mass is 777 g/mol. The summed E-state index contributed by atoms with van der Waals surface area (Å²) in [6.45, 7) is 16.4. The van der Waals surface area contributed by atoms with Crippen molar-refractivity contribution < 1.29 is 22.6 Å². The third-order valence-electron chi connectivity index (χ3n) is 7.47. The number of benzene rings is 2. The minimum absolute atomic E-state index is 0.0850. The van der Waals surface area contributed by atoms with Gasteiger partial charge >= 0.3 is 238 Å². The van der Waals surface area contributed by atoms with Gasteiger partial charge in [0.05, 0.1) is 0 Å². The molecule has 4 rings (SSSR count). The molecule has 0 spiro atoms. The van der Waals surface area contributed by atoms with Crippen molar-refractivity contribution in [2.24, 2.45) is 10.8 Å². The Hall–Kier alpha value is -0.150. The molecule has 2 aromatic rings. The van der Waals surface area contributed by atoms with Crippen LogP contribution in [0.3, 0.4) is 0 Å². The van der Waals surface area contributed by atoms with Crippen LogP contribution in [-0.4, -0.2) is 8.86 Å². The van der Waals surface area contributed by atoms with Gasteiger partial charge in [0.25, 0.3) is 0 Å². The van der Waals surface area contributed by atoms with Crippen LogP contribution in [0.1, 0.15) is 63.3 Å². The molecule has 3 heteroatoms. The predicted molar refractivity (Wildman–Crippen MR) is 160 cm³/mol. The Morgan fingerprint density at radius 1 is 1.09 bits per heavy atom. The van der Waals surface area contributed by atoms with Crippen molar-refractivity contribution in [1.82, 2.24) is 0 Å². The molecule has 0 aromatic heterocycles. The Bertz CT molecular complexity index is 1120. The van der Waals surface area contributed by atoms with Gasteiger partial charge in [-0.15, -0.1) is 0 Å². The van der Waals surface area contributed by atoms with E-state index in [2.05, 4.69) is 147 Å². The Morgan fingerprint density at radius 2 is 1.76 bits per heavy atom. The molecule has 0 bridgehead atoms. The Kier molecular flexibility index (Phi) is 7.64. The van der Waals surface area contributed by atoms with Crippen LogP contribution in [0.15, 0.2) is 72.8 Å². The molecule has 0 amide bonds. The number of alkyl halides is 5. The number of hydrogen-bond acceptors (Lipinski definition) is 0. The van der Waals surface area contributed by atoms with Crippen LogP contribution >= 0.6 is 42.4 Å². The molecule has 0 saturated carbocycles. The molecule has 0 unspecified atom stereocenters. The van der Waals surface area contributed by atoms with Crippen molar-refractivity contribution >= 4 is 53.6 Å². The third-order valence-corrected chi connectivity index (χ3v) is 20.8. The predicted octanol–water partition coefficient (Wildman–Crippen LogP) is 6.08. The summed E-state index contributed by atoms with van der Waals surface area (Å²) in [4.78, 5) is 0. The summed E-state index contributed by atoms with van der Waals surface area (Å²) in [5.41, 5.74) is 10.5. The fourth-order valence-electron chi connectivity index (χ4n) is 5.72. The fourth-order valence-corrected chi connectivity index (χ4v) is 15.9. The van der Waals surface area contributed by atoms with Crippen LogP contribution in [0.25, 0.3) is 11.1 Å². The van der Waals surface area contributed by atoms with Gasteiger partial charge in [0.15, 0.2) is 0 Å². The molecule has 2 aliphatic rings. The summed E-state index contributed by atoms with van der Waals surface area (Å²) in [5, 5.41) is 0. The van der Waals surface area contributed by atoms with Crippen molar-refractivity contribution in [3.8, 4) is 0 Å². The van der Waals surface area contributed by atoms with Crippen molar-refractivity contribution in [3.05, 3.63) is 95.1 Å². The van der Waals surface area contributed by atoms with Crippen molar-refractivity contribution in [3.63, 3.8) is 0 Å². The average Bonchev–Trinajstić information content (AvgIpc) is 2.78. The van der Waals surface area contributed by atoms with E-state index in [9.17, 15) is 0 Å². The zero-order chi connectivity index (χ0) is 24.0. The first-order chi connectivity index (χ1) is 15.5. The normalized spacial score (nSPS) is 24.9. The van der Waals surface area contributed by atoms with E-state index in [-0.39, 0.29) is 12.3 Å². The summed E-state index contributed by atoms with van der Waals surface area (Å²) in [6.07, 6.45) is 6.43. The van der Waals surface area contributed by atoms with E-state index in [0.29, 0.717) is 0 Å². The molecule has 1 heterocycles. The van der Waals surface area contributed by atoms with Crippen molar-refractivity contribution in [1.29, 1.82) is 0 Å². The number of rotatable bonds is 5. The van der Waals surface area contributed by atoms with Crippen molar-refractivity contribution in [2.45, 2.75) is 46.9 Å². The molecule has 33 heavy (non-hydrogen) atoms. The first-order valence-electron chi connectivity index (χ1n) is 11.7. The van der Waals surface area contributed by atoms with Crippen molar-refractivity contribution in [2.75, 3.05) is 8.86 Å².